The van der Waals surface area contributed by atoms with Gasteiger partial charge in [-0.25, -0.2) is 0 Å². The second-order valence-electron chi connectivity index (χ2n) is 6.59. The van der Waals surface area contributed by atoms with Crippen LogP contribution in [0.3, 0.4) is 0 Å². The molecule has 0 N–H and O–H groups in total. The average molecular weight is 313 g/mol. The molecule has 118 valence electrons. The number of fused-ring (bicyclic) bond motifs is 6. The Balaban J connectivity index is 1.97. The van der Waals surface area contributed by atoms with Crippen molar-refractivity contribution in [3.63, 3.8) is 0 Å². The van der Waals surface area contributed by atoms with E-state index in [2.05, 4.69) is 61.0 Å². The van der Waals surface area contributed by atoms with Crippen LogP contribution in [-0.4, -0.2) is 4.57 Å². The number of rotatable bonds is 2. The normalized spacial score (nSPS) is 12.1. The molecule has 0 amide bonds. The lowest BCUT2D eigenvalue weighted by Gasteiger charge is -2.04. The fraction of sp³-hybridized carbons (Fsp3) is 0.182. The zero-order chi connectivity index (χ0) is 16.3. The van der Waals surface area contributed by atoms with Crippen LogP contribution in [0.1, 0.15) is 18.9 Å². The Bertz CT molecular complexity index is 1220. The first-order valence-corrected chi connectivity index (χ1v) is 8.59. The van der Waals surface area contributed by atoms with E-state index in [0.29, 0.717) is 0 Å². The SMILES string of the molecule is CCCc1cccc2c3cc4oc5ccccc5c4cc3n(C)c12. The Kier molecular flexibility index (Phi) is 2.78. The molecule has 0 radical (unpaired) electrons. The minimum atomic E-state index is 0.957. The molecule has 0 fully saturated rings. The molecule has 24 heavy (non-hydrogen) atoms. The number of nitrogens with zero attached hydrogens (tertiary/aromatic N) is 1. The Morgan fingerprint density at radius 3 is 2.54 bits per heavy atom. The molecule has 0 unspecified atom stereocenters. The molecule has 5 aromatic rings. The van der Waals surface area contributed by atoms with E-state index in [1.807, 2.05) is 12.1 Å². The van der Waals surface area contributed by atoms with Crippen molar-refractivity contribution in [1.82, 2.24) is 4.57 Å². The van der Waals surface area contributed by atoms with Gasteiger partial charge in [-0.3, -0.25) is 0 Å². The highest BCUT2D eigenvalue weighted by atomic mass is 16.3. The molecule has 0 aliphatic rings. The highest BCUT2D eigenvalue weighted by Gasteiger charge is 2.15. The Morgan fingerprint density at radius 1 is 0.833 bits per heavy atom. The summed E-state index contributed by atoms with van der Waals surface area (Å²) in [6.07, 6.45) is 2.27. The van der Waals surface area contributed by atoms with Gasteiger partial charge in [0.2, 0.25) is 0 Å². The maximum atomic E-state index is 6.09. The van der Waals surface area contributed by atoms with Crippen LogP contribution in [0.2, 0.25) is 0 Å². The molecule has 5 rings (SSSR count). The van der Waals surface area contributed by atoms with E-state index in [4.69, 9.17) is 4.42 Å². The van der Waals surface area contributed by atoms with Crippen LogP contribution in [0.5, 0.6) is 0 Å². The monoisotopic (exact) mass is 313 g/mol. The van der Waals surface area contributed by atoms with Crippen molar-refractivity contribution in [1.29, 1.82) is 0 Å². The molecule has 2 heterocycles. The standard InChI is InChI=1S/C22H19NO/c1-3-7-14-8-6-10-16-17-13-21-18(12-19(17)23(2)22(14)16)15-9-4-5-11-20(15)24-21/h4-6,8-13H,3,7H2,1-2H3. The van der Waals surface area contributed by atoms with E-state index in [-0.39, 0.29) is 0 Å². The summed E-state index contributed by atoms with van der Waals surface area (Å²) in [6, 6.07) is 19.4. The third-order valence-electron chi connectivity index (χ3n) is 5.12. The molecule has 0 saturated heterocycles. The van der Waals surface area contributed by atoms with Gasteiger partial charge < -0.3 is 8.98 Å². The van der Waals surface area contributed by atoms with Crippen LogP contribution >= 0.6 is 0 Å². The molecule has 2 heteroatoms. The first kappa shape index (κ1) is 13.7. The van der Waals surface area contributed by atoms with Crippen LogP contribution in [0.15, 0.2) is 59.0 Å². The lowest BCUT2D eigenvalue weighted by atomic mass is 10.0. The van der Waals surface area contributed by atoms with Crippen molar-refractivity contribution < 1.29 is 4.42 Å². The number of hydrogen-bond acceptors (Lipinski definition) is 1. The maximum absolute atomic E-state index is 6.09. The second-order valence-corrected chi connectivity index (χ2v) is 6.59. The quantitative estimate of drug-likeness (QED) is 0.380. The molecular weight excluding hydrogens is 294 g/mol. The van der Waals surface area contributed by atoms with Gasteiger partial charge in [0.15, 0.2) is 0 Å². The molecular formula is C22H19NO. The van der Waals surface area contributed by atoms with Crippen LogP contribution in [-0.2, 0) is 13.5 Å². The van der Waals surface area contributed by atoms with Crippen molar-refractivity contribution in [3.05, 3.63) is 60.2 Å². The highest BCUT2D eigenvalue weighted by molar-refractivity contribution is 6.16. The minimum Gasteiger partial charge on any atom is -0.456 e. The Morgan fingerprint density at radius 2 is 1.67 bits per heavy atom. The zero-order valence-electron chi connectivity index (χ0n) is 14.0. The van der Waals surface area contributed by atoms with E-state index < -0.39 is 0 Å². The fourth-order valence-electron chi connectivity index (χ4n) is 4.05. The fourth-order valence-corrected chi connectivity index (χ4v) is 4.05. The number of furan rings is 1. The summed E-state index contributed by atoms with van der Waals surface area (Å²) in [5.41, 5.74) is 5.98. The summed E-state index contributed by atoms with van der Waals surface area (Å²) in [6.45, 7) is 2.24. The van der Waals surface area contributed by atoms with Crippen LogP contribution in [0.4, 0.5) is 0 Å². The van der Waals surface area contributed by atoms with E-state index in [9.17, 15) is 0 Å². The molecule has 3 aromatic carbocycles. The van der Waals surface area contributed by atoms with E-state index in [1.54, 1.807) is 0 Å². The summed E-state index contributed by atoms with van der Waals surface area (Å²) < 4.78 is 8.43. The Labute approximate surface area is 140 Å². The summed E-state index contributed by atoms with van der Waals surface area (Å²) in [5, 5.41) is 4.98. The van der Waals surface area contributed by atoms with Gasteiger partial charge in [0.05, 0.1) is 5.52 Å². The molecule has 0 aliphatic heterocycles. The van der Waals surface area contributed by atoms with Gasteiger partial charge in [0.25, 0.3) is 0 Å². The predicted molar refractivity (Wildman–Crippen MR) is 102 cm³/mol. The van der Waals surface area contributed by atoms with Crippen molar-refractivity contribution in [2.75, 3.05) is 0 Å². The third-order valence-corrected chi connectivity index (χ3v) is 5.12. The van der Waals surface area contributed by atoms with Gasteiger partial charge in [-0.2, -0.15) is 0 Å². The summed E-state index contributed by atoms with van der Waals surface area (Å²) >= 11 is 0. The lowest BCUT2D eigenvalue weighted by molar-refractivity contribution is 0.669. The molecule has 2 nitrogen and oxygen atoms in total. The van der Waals surface area contributed by atoms with Crippen molar-refractivity contribution in [2.45, 2.75) is 19.8 Å². The third kappa shape index (κ3) is 1.71. The first-order valence-electron chi connectivity index (χ1n) is 8.59. The number of benzene rings is 3. The van der Waals surface area contributed by atoms with Gasteiger partial charge in [-0.1, -0.05) is 49.7 Å². The molecule has 0 aliphatic carbocycles. The number of hydrogen-bond donors (Lipinski definition) is 0. The van der Waals surface area contributed by atoms with Gasteiger partial charge in [0.1, 0.15) is 11.2 Å². The molecule has 0 bridgehead atoms. The van der Waals surface area contributed by atoms with Gasteiger partial charge in [-0.15, -0.1) is 0 Å². The number of aryl methyl sites for hydroxylation is 2. The van der Waals surface area contributed by atoms with Crippen LogP contribution < -0.4 is 0 Å². The van der Waals surface area contributed by atoms with Crippen LogP contribution in [0.25, 0.3) is 43.7 Å². The van der Waals surface area contributed by atoms with Crippen molar-refractivity contribution in [3.8, 4) is 0 Å². The zero-order valence-corrected chi connectivity index (χ0v) is 14.0. The minimum absolute atomic E-state index is 0.957. The summed E-state index contributed by atoms with van der Waals surface area (Å²) in [7, 11) is 2.18. The molecule has 2 aromatic heterocycles. The van der Waals surface area contributed by atoms with Gasteiger partial charge >= 0.3 is 0 Å². The lowest BCUT2D eigenvalue weighted by Crippen LogP contribution is -1.92. The number of para-hydroxylation sites is 2. The maximum Gasteiger partial charge on any atom is 0.136 e. The summed E-state index contributed by atoms with van der Waals surface area (Å²) in [5.74, 6) is 0. The smallest absolute Gasteiger partial charge is 0.136 e. The highest BCUT2D eigenvalue weighted by Crippen LogP contribution is 2.37. The largest absolute Gasteiger partial charge is 0.456 e. The molecule has 0 saturated carbocycles. The second kappa shape index (κ2) is 4.88. The Hall–Kier alpha value is -2.74. The van der Waals surface area contributed by atoms with Crippen LogP contribution in [0, 0.1) is 0 Å². The predicted octanol–water partition coefficient (Wildman–Crippen LogP) is 6.18. The molecule has 0 atom stereocenters. The van der Waals surface area contributed by atoms with Gasteiger partial charge in [0, 0.05) is 34.1 Å². The number of aromatic nitrogens is 1. The topological polar surface area (TPSA) is 18.1 Å². The average Bonchev–Trinajstić information content (AvgIpc) is 3.10. The van der Waals surface area contributed by atoms with E-state index in [1.165, 1.54) is 38.1 Å². The van der Waals surface area contributed by atoms with Crippen molar-refractivity contribution >= 4 is 43.7 Å². The first-order chi connectivity index (χ1) is 11.8. The molecule has 0 spiro atoms. The van der Waals surface area contributed by atoms with E-state index in [0.717, 1.165) is 24.0 Å². The summed E-state index contributed by atoms with van der Waals surface area (Å²) in [4.78, 5) is 0. The van der Waals surface area contributed by atoms with E-state index >= 15 is 0 Å². The van der Waals surface area contributed by atoms with Crippen molar-refractivity contribution in [2.24, 2.45) is 7.05 Å². The van der Waals surface area contributed by atoms with Gasteiger partial charge in [-0.05, 0) is 30.2 Å².